The minimum Gasteiger partial charge on any atom is -0.493 e. The van der Waals surface area contributed by atoms with Crippen LogP contribution in [0.1, 0.15) is 62.6 Å². The second-order valence-corrected chi connectivity index (χ2v) is 10.2. The molecular formula is C24H30N2OS. The molecule has 0 aliphatic heterocycles. The minimum atomic E-state index is 0.296. The lowest BCUT2D eigenvalue weighted by molar-refractivity contribution is 0.218. The van der Waals surface area contributed by atoms with Crippen molar-refractivity contribution in [1.29, 1.82) is 5.26 Å². The molecule has 1 aliphatic rings. The van der Waals surface area contributed by atoms with E-state index in [0.29, 0.717) is 23.9 Å². The molecule has 4 heteroatoms. The van der Waals surface area contributed by atoms with E-state index >= 15 is 0 Å². The van der Waals surface area contributed by atoms with Crippen LogP contribution >= 0.6 is 11.3 Å². The molecule has 0 radical (unpaired) electrons. The molecule has 0 saturated carbocycles. The molecule has 0 saturated heterocycles. The Balaban J connectivity index is 1.87. The maximum Gasteiger partial charge on any atom is 0.134 e. The van der Waals surface area contributed by atoms with E-state index in [1.54, 1.807) is 11.3 Å². The number of rotatable bonds is 5. The van der Waals surface area contributed by atoms with Crippen LogP contribution < -0.4 is 4.74 Å². The number of nitrogens with zero attached hydrogens (tertiary/aromatic N) is 2. The molecule has 3 rings (SSSR count). The molecule has 2 aromatic rings. The average molecular weight is 395 g/mol. The predicted octanol–water partition coefficient (Wildman–Crippen LogP) is 6.56. The summed E-state index contributed by atoms with van der Waals surface area (Å²) in [6.45, 7) is 11.9. The van der Waals surface area contributed by atoms with Crippen LogP contribution in [0.2, 0.25) is 0 Å². The van der Waals surface area contributed by atoms with E-state index in [-0.39, 0.29) is 0 Å². The van der Waals surface area contributed by atoms with E-state index in [1.165, 1.54) is 10.4 Å². The Morgan fingerprint density at radius 1 is 1.32 bits per heavy atom. The molecule has 1 aliphatic carbocycles. The van der Waals surface area contributed by atoms with E-state index < -0.39 is 0 Å². The summed E-state index contributed by atoms with van der Waals surface area (Å²) in [5, 5.41) is 10.6. The number of thiophene rings is 1. The minimum absolute atomic E-state index is 0.296. The maximum absolute atomic E-state index is 9.74. The number of aliphatic imine (C=N–C) groups is 1. The fourth-order valence-corrected chi connectivity index (χ4v) is 4.84. The van der Waals surface area contributed by atoms with Crippen LogP contribution in [-0.4, -0.2) is 12.8 Å². The van der Waals surface area contributed by atoms with Crippen LogP contribution in [0.4, 0.5) is 5.00 Å². The van der Waals surface area contributed by atoms with E-state index in [4.69, 9.17) is 9.73 Å². The van der Waals surface area contributed by atoms with Gasteiger partial charge >= 0.3 is 0 Å². The number of para-hydroxylation sites is 1. The molecule has 0 spiro atoms. The second kappa shape index (κ2) is 8.49. The molecule has 3 nitrogen and oxygen atoms in total. The summed E-state index contributed by atoms with van der Waals surface area (Å²) >= 11 is 1.69. The van der Waals surface area contributed by atoms with Gasteiger partial charge in [-0.1, -0.05) is 46.8 Å². The lowest BCUT2D eigenvalue weighted by Gasteiger charge is -2.33. The van der Waals surface area contributed by atoms with Crippen molar-refractivity contribution in [3.05, 3.63) is 45.8 Å². The SMILES string of the molecule is CC(C)COc1ccccc1C=Nc1sc2c(c1C#N)CC[C@@H](C(C)(C)C)C2. The number of hydrogen-bond donors (Lipinski definition) is 0. The van der Waals surface area contributed by atoms with Crippen molar-refractivity contribution in [3.63, 3.8) is 0 Å². The van der Waals surface area contributed by atoms with Gasteiger partial charge in [-0.2, -0.15) is 5.26 Å². The fourth-order valence-electron chi connectivity index (χ4n) is 3.62. The van der Waals surface area contributed by atoms with Crippen molar-refractivity contribution in [1.82, 2.24) is 0 Å². The monoisotopic (exact) mass is 394 g/mol. The molecule has 0 amide bonds. The first kappa shape index (κ1) is 20.6. The topological polar surface area (TPSA) is 45.4 Å². The van der Waals surface area contributed by atoms with Crippen molar-refractivity contribution >= 4 is 22.6 Å². The van der Waals surface area contributed by atoms with Gasteiger partial charge in [-0.3, -0.25) is 0 Å². The molecule has 0 fully saturated rings. The molecule has 1 heterocycles. The summed E-state index contributed by atoms with van der Waals surface area (Å²) in [4.78, 5) is 6.06. The summed E-state index contributed by atoms with van der Waals surface area (Å²) in [7, 11) is 0. The number of ether oxygens (including phenoxy) is 1. The fraction of sp³-hybridized carbons (Fsp3) is 0.500. The molecule has 0 unspecified atom stereocenters. The van der Waals surface area contributed by atoms with E-state index in [9.17, 15) is 5.26 Å². The van der Waals surface area contributed by atoms with Gasteiger partial charge in [0.25, 0.3) is 0 Å². The standard InChI is InChI=1S/C24H30N2OS/c1-16(2)15-27-21-9-7-6-8-17(21)14-26-23-20(13-25)19-11-10-18(24(3,4)5)12-22(19)28-23/h6-9,14,16,18H,10-12,15H2,1-5H3/t18-/m1/s1. The van der Waals surface area contributed by atoms with Gasteiger partial charge in [0.15, 0.2) is 0 Å². The summed E-state index contributed by atoms with van der Waals surface area (Å²) in [6, 6.07) is 10.4. The van der Waals surface area contributed by atoms with Gasteiger partial charge in [0.2, 0.25) is 0 Å². The number of fused-ring (bicyclic) bond motifs is 1. The molecule has 0 bridgehead atoms. The van der Waals surface area contributed by atoms with Crippen molar-refractivity contribution in [2.45, 2.75) is 53.9 Å². The van der Waals surface area contributed by atoms with Crippen molar-refractivity contribution < 1.29 is 4.74 Å². The highest BCUT2D eigenvalue weighted by Gasteiger charge is 2.32. The molecule has 148 valence electrons. The third-order valence-electron chi connectivity index (χ3n) is 5.40. The molecular weight excluding hydrogens is 364 g/mol. The van der Waals surface area contributed by atoms with Gasteiger partial charge in [0, 0.05) is 16.7 Å². The van der Waals surface area contributed by atoms with Crippen LogP contribution in [0, 0.1) is 28.6 Å². The number of benzene rings is 1. The van der Waals surface area contributed by atoms with E-state index in [2.05, 4.69) is 40.7 Å². The Bertz CT molecular complexity index is 896. The number of nitriles is 1. The Morgan fingerprint density at radius 2 is 2.07 bits per heavy atom. The highest BCUT2D eigenvalue weighted by Crippen LogP contribution is 2.44. The molecule has 1 aromatic carbocycles. The van der Waals surface area contributed by atoms with Gasteiger partial charge in [-0.25, -0.2) is 4.99 Å². The first-order valence-electron chi connectivity index (χ1n) is 10.1. The van der Waals surface area contributed by atoms with Crippen LogP contribution in [-0.2, 0) is 12.8 Å². The average Bonchev–Trinajstić information content (AvgIpc) is 3.01. The summed E-state index contributed by atoms with van der Waals surface area (Å²) in [5.41, 5.74) is 3.24. The molecule has 1 aromatic heterocycles. The van der Waals surface area contributed by atoms with Gasteiger partial charge in [0.05, 0.1) is 12.2 Å². The second-order valence-electron chi connectivity index (χ2n) is 9.10. The zero-order valence-corrected chi connectivity index (χ0v) is 18.4. The van der Waals surface area contributed by atoms with Crippen LogP contribution in [0.15, 0.2) is 29.3 Å². The van der Waals surface area contributed by atoms with Crippen LogP contribution in [0.25, 0.3) is 0 Å². The smallest absolute Gasteiger partial charge is 0.134 e. The quantitative estimate of drug-likeness (QED) is 0.539. The Morgan fingerprint density at radius 3 is 2.75 bits per heavy atom. The zero-order chi connectivity index (χ0) is 20.3. The van der Waals surface area contributed by atoms with Gasteiger partial charge in [-0.15, -0.1) is 11.3 Å². The van der Waals surface area contributed by atoms with Crippen molar-refractivity contribution in [2.24, 2.45) is 22.2 Å². The van der Waals surface area contributed by atoms with Gasteiger partial charge in [-0.05, 0) is 54.2 Å². The van der Waals surface area contributed by atoms with Gasteiger partial charge in [0.1, 0.15) is 16.8 Å². The lowest BCUT2D eigenvalue weighted by atomic mass is 9.72. The first-order chi connectivity index (χ1) is 13.3. The van der Waals surface area contributed by atoms with Crippen LogP contribution in [0.5, 0.6) is 5.75 Å². The Labute approximate surface area is 173 Å². The molecule has 28 heavy (non-hydrogen) atoms. The third-order valence-corrected chi connectivity index (χ3v) is 6.56. The summed E-state index contributed by atoms with van der Waals surface area (Å²) in [5.74, 6) is 1.97. The molecule has 0 N–H and O–H groups in total. The third kappa shape index (κ3) is 4.64. The summed E-state index contributed by atoms with van der Waals surface area (Å²) in [6.07, 6.45) is 5.04. The largest absolute Gasteiger partial charge is 0.493 e. The predicted molar refractivity (Wildman–Crippen MR) is 118 cm³/mol. The van der Waals surface area contributed by atoms with Crippen molar-refractivity contribution in [2.75, 3.05) is 6.61 Å². The Kier molecular flexibility index (Phi) is 6.25. The van der Waals surface area contributed by atoms with E-state index in [1.807, 2.05) is 30.5 Å². The lowest BCUT2D eigenvalue weighted by Crippen LogP contribution is -2.26. The first-order valence-corrected chi connectivity index (χ1v) is 10.9. The highest BCUT2D eigenvalue weighted by molar-refractivity contribution is 7.16. The van der Waals surface area contributed by atoms with E-state index in [0.717, 1.165) is 41.1 Å². The normalized spacial score (nSPS) is 17.0. The highest BCUT2D eigenvalue weighted by atomic mass is 32.1. The Hall–Kier alpha value is -2.12. The molecule has 1 atom stereocenters. The zero-order valence-electron chi connectivity index (χ0n) is 17.6. The number of hydrogen-bond acceptors (Lipinski definition) is 4. The summed E-state index contributed by atoms with van der Waals surface area (Å²) < 4.78 is 5.92. The van der Waals surface area contributed by atoms with Crippen molar-refractivity contribution in [3.8, 4) is 11.8 Å². The van der Waals surface area contributed by atoms with Crippen LogP contribution in [0.3, 0.4) is 0 Å². The maximum atomic E-state index is 9.74. The van der Waals surface area contributed by atoms with Gasteiger partial charge < -0.3 is 4.74 Å².